The normalized spacial score (nSPS) is 22.6. The van der Waals surface area contributed by atoms with E-state index < -0.39 is 16.7 Å². The van der Waals surface area contributed by atoms with Crippen LogP contribution in [0.15, 0.2) is 36.0 Å². The Morgan fingerprint density at radius 2 is 2.00 bits per heavy atom. The van der Waals surface area contributed by atoms with E-state index in [1.165, 1.54) is 0 Å². The fraction of sp³-hybridized carbons (Fsp3) is 0.200. The van der Waals surface area contributed by atoms with E-state index in [1.54, 1.807) is 6.20 Å². The highest BCUT2D eigenvalue weighted by Crippen LogP contribution is 2.31. The number of rotatable bonds is 1. The molecule has 0 saturated carbocycles. The monoisotopic (exact) mass is 239 g/mol. The maximum absolute atomic E-state index is 10.7. The number of benzene rings is 1. The molecule has 0 aliphatic carbocycles. The summed E-state index contributed by atoms with van der Waals surface area (Å²) >= 11 is 0. The third-order valence-corrected chi connectivity index (χ3v) is 3.36. The molecule has 1 aromatic rings. The number of fused-ring (bicyclic) bond motifs is 1. The van der Waals surface area contributed by atoms with Crippen LogP contribution in [0.1, 0.15) is 5.56 Å². The Labute approximate surface area is 93.0 Å². The topological polar surface area (TPSA) is 64.6 Å². The van der Waals surface area contributed by atoms with E-state index in [1.807, 2.05) is 24.3 Å². The van der Waals surface area contributed by atoms with Crippen molar-refractivity contribution in [2.24, 2.45) is 0 Å². The van der Waals surface area contributed by atoms with Crippen molar-refractivity contribution in [3.8, 4) is 0 Å². The van der Waals surface area contributed by atoms with Gasteiger partial charge < -0.3 is 5.32 Å². The van der Waals surface area contributed by atoms with Gasteiger partial charge in [0.25, 0.3) is 0 Å². The largest absolute Gasteiger partial charge is 0.405 e. The quantitative estimate of drug-likeness (QED) is 0.796. The zero-order chi connectivity index (χ0) is 11.2. The number of para-hydroxylation sites is 1. The van der Waals surface area contributed by atoms with Gasteiger partial charge in [-0.1, -0.05) is 18.2 Å². The van der Waals surface area contributed by atoms with Gasteiger partial charge in [0, 0.05) is 23.9 Å². The van der Waals surface area contributed by atoms with Crippen LogP contribution in [0.25, 0.3) is 0 Å². The van der Waals surface area contributed by atoms with Crippen LogP contribution in [0.5, 0.6) is 0 Å². The molecule has 0 unspecified atom stereocenters. The lowest BCUT2D eigenvalue weighted by Gasteiger charge is -2.29. The molecular weight excluding hydrogens is 230 g/mol. The molecule has 0 amide bonds. The number of hydrogen-bond donors (Lipinski definition) is 1. The highest BCUT2D eigenvalue weighted by atomic mass is 32.3. The predicted molar refractivity (Wildman–Crippen MR) is 56.7 cm³/mol. The maximum Gasteiger partial charge on any atom is 0.405 e. The molecule has 1 fully saturated rings. The summed E-state index contributed by atoms with van der Waals surface area (Å²) in [6.45, 7) is 0. The Kier molecular flexibility index (Phi) is 2.03. The van der Waals surface area contributed by atoms with Gasteiger partial charge in [-0.2, -0.15) is 8.42 Å². The first kappa shape index (κ1) is 9.83. The number of hydrogen-bond acceptors (Lipinski definition) is 5. The summed E-state index contributed by atoms with van der Waals surface area (Å²) in [5.41, 5.74) is 2.89. The fourth-order valence-electron chi connectivity index (χ4n) is 1.75. The maximum atomic E-state index is 10.7. The van der Waals surface area contributed by atoms with Gasteiger partial charge in [0.1, 0.15) is 0 Å². The SMILES string of the molecule is O=S1(=O)OC(C2=CNc3ccccc3C2)O1. The van der Waals surface area contributed by atoms with Crippen molar-refractivity contribution in [1.82, 2.24) is 0 Å². The van der Waals surface area contributed by atoms with Crippen molar-refractivity contribution in [1.29, 1.82) is 0 Å². The van der Waals surface area contributed by atoms with Crippen LogP contribution in [0.2, 0.25) is 0 Å². The van der Waals surface area contributed by atoms with E-state index >= 15 is 0 Å². The van der Waals surface area contributed by atoms with Crippen LogP contribution < -0.4 is 5.32 Å². The van der Waals surface area contributed by atoms with Crippen LogP contribution in [-0.2, 0) is 25.2 Å². The molecule has 1 aromatic carbocycles. The Morgan fingerprint density at radius 1 is 1.25 bits per heavy atom. The number of nitrogens with one attached hydrogen (secondary N) is 1. The van der Waals surface area contributed by atoms with Crippen LogP contribution >= 0.6 is 0 Å². The predicted octanol–water partition coefficient (Wildman–Crippen LogP) is 1.16. The Bertz CT molecular complexity index is 552. The molecule has 0 atom stereocenters. The molecule has 0 bridgehead atoms. The standard InChI is InChI=1S/C10H9NO4S/c12-16(13)14-10(15-16)8-5-7-3-1-2-4-9(7)11-6-8/h1-4,6,10-11H,5H2. The average Bonchev–Trinajstić information content (AvgIpc) is 2.25. The van der Waals surface area contributed by atoms with Crippen LogP contribution in [0.4, 0.5) is 5.69 Å². The summed E-state index contributed by atoms with van der Waals surface area (Å²) in [6.07, 6.45) is 1.58. The minimum Gasteiger partial charge on any atom is -0.361 e. The highest BCUT2D eigenvalue weighted by Gasteiger charge is 2.39. The van der Waals surface area contributed by atoms with Gasteiger partial charge in [0.2, 0.25) is 6.29 Å². The summed E-state index contributed by atoms with van der Waals surface area (Å²) in [4.78, 5) is 0. The molecule has 0 aromatic heterocycles. The van der Waals surface area contributed by atoms with Crippen molar-refractivity contribution >= 4 is 16.1 Å². The van der Waals surface area contributed by atoms with Crippen LogP contribution in [0.3, 0.4) is 0 Å². The third-order valence-electron chi connectivity index (χ3n) is 2.54. The Morgan fingerprint density at radius 3 is 2.75 bits per heavy atom. The summed E-state index contributed by atoms with van der Waals surface area (Å²) in [5.74, 6) is 0. The molecule has 1 saturated heterocycles. The summed E-state index contributed by atoms with van der Waals surface area (Å²) < 4.78 is 30.6. The van der Waals surface area contributed by atoms with Crippen molar-refractivity contribution < 1.29 is 16.8 Å². The molecule has 2 heterocycles. The van der Waals surface area contributed by atoms with E-state index in [4.69, 9.17) is 0 Å². The molecule has 84 valence electrons. The van der Waals surface area contributed by atoms with E-state index in [0.29, 0.717) is 6.42 Å². The van der Waals surface area contributed by atoms with Gasteiger partial charge in [-0.15, -0.1) is 0 Å². The van der Waals surface area contributed by atoms with E-state index in [9.17, 15) is 8.42 Å². The van der Waals surface area contributed by atoms with Gasteiger partial charge in [-0.05, 0) is 11.6 Å². The summed E-state index contributed by atoms with van der Waals surface area (Å²) in [7, 11) is -3.73. The lowest BCUT2D eigenvalue weighted by atomic mass is 10.0. The second-order valence-corrected chi connectivity index (χ2v) is 4.83. The van der Waals surface area contributed by atoms with Crippen molar-refractivity contribution in [3.63, 3.8) is 0 Å². The van der Waals surface area contributed by atoms with Gasteiger partial charge in [0.05, 0.1) is 0 Å². The van der Waals surface area contributed by atoms with E-state index in [-0.39, 0.29) is 0 Å². The molecule has 2 aliphatic rings. The Balaban J connectivity index is 1.80. The van der Waals surface area contributed by atoms with Gasteiger partial charge in [-0.25, -0.2) is 8.37 Å². The first-order valence-electron chi connectivity index (χ1n) is 4.79. The molecule has 1 N–H and O–H groups in total. The molecule has 5 nitrogen and oxygen atoms in total. The molecule has 3 rings (SSSR count). The molecule has 0 radical (unpaired) electrons. The molecular formula is C10H9NO4S. The van der Waals surface area contributed by atoms with Crippen LogP contribution in [-0.4, -0.2) is 14.7 Å². The number of anilines is 1. The summed E-state index contributed by atoms with van der Waals surface area (Å²) in [5, 5.41) is 3.07. The van der Waals surface area contributed by atoms with Gasteiger partial charge >= 0.3 is 10.4 Å². The lowest BCUT2D eigenvalue weighted by molar-refractivity contribution is -0.0525. The van der Waals surface area contributed by atoms with Gasteiger partial charge in [0.15, 0.2) is 0 Å². The first-order chi connectivity index (χ1) is 7.64. The Hall–Kier alpha value is -1.37. The minimum atomic E-state index is -3.73. The second kappa shape index (κ2) is 3.31. The molecule has 6 heteroatoms. The molecule has 16 heavy (non-hydrogen) atoms. The van der Waals surface area contributed by atoms with E-state index in [2.05, 4.69) is 13.7 Å². The summed E-state index contributed by atoms with van der Waals surface area (Å²) in [6, 6.07) is 7.80. The fourth-order valence-corrected chi connectivity index (χ4v) is 2.44. The molecule has 0 spiro atoms. The van der Waals surface area contributed by atoms with E-state index in [0.717, 1.165) is 16.8 Å². The zero-order valence-electron chi connectivity index (χ0n) is 8.21. The zero-order valence-corrected chi connectivity index (χ0v) is 9.03. The highest BCUT2D eigenvalue weighted by molar-refractivity contribution is 7.82. The van der Waals surface area contributed by atoms with Crippen LogP contribution in [0, 0.1) is 0 Å². The van der Waals surface area contributed by atoms with Gasteiger partial charge in [-0.3, -0.25) is 0 Å². The minimum absolute atomic E-state index is 0.628. The smallest absolute Gasteiger partial charge is 0.361 e. The van der Waals surface area contributed by atoms with Crippen molar-refractivity contribution in [2.75, 3.05) is 5.32 Å². The average molecular weight is 239 g/mol. The third kappa shape index (κ3) is 1.60. The lowest BCUT2D eigenvalue weighted by Crippen LogP contribution is -2.39. The second-order valence-electron chi connectivity index (χ2n) is 3.63. The first-order valence-corrected chi connectivity index (χ1v) is 6.12. The molecule has 2 aliphatic heterocycles. The van der Waals surface area contributed by atoms with Crippen molar-refractivity contribution in [3.05, 3.63) is 41.6 Å². The van der Waals surface area contributed by atoms with Crippen molar-refractivity contribution in [2.45, 2.75) is 12.7 Å².